The van der Waals surface area contributed by atoms with Crippen LogP contribution >= 0.6 is 0 Å². The van der Waals surface area contributed by atoms with Gasteiger partial charge in [0.1, 0.15) is 12.8 Å². The van der Waals surface area contributed by atoms with Crippen LogP contribution in [0.3, 0.4) is 0 Å². The number of aromatic nitrogens is 1. The second kappa shape index (κ2) is 8.77. The highest BCUT2D eigenvalue weighted by Gasteiger charge is 2.24. The molecule has 0 spiro atoms. The summed E-state index contributed by atoms with van der Waals surface area (Å²) in [6.07, 6.45) is 0. The zero-order chi connectivity index (χ0) is 22.8. The molecular formula is C26H26N3O3+. The molecule has 4 rings (SSSR count). The number of esters is 1. The van der Waals surface area contributed by atoms with Crippen LogP contribution in [0.4, 0.5) is 0 Å². The van der Waals surface area contributed by atoms with Gasteiger partial charge in [-0.2, -0.15) is 4.57 Å². The molecule has 0 aliphatic rings. The smallest absolute Gasteiger partial charge is 0.345 e. The largest absolute Gasteiger partial charge is 0.422 e. The van der Waals surface area contributed by atoms with Gasteiger partial charge in [0.2, 0.25) is 11.0 Å². The Kier molecular flexibility index (Phi) is 5.88. The van der Waals surface area contributed by atoms with Crippen LogP contribution in [0.2, 0.25) is 0 Å². The minimum Gasteiger partial charge on any atom is -0.422 e. The van der Waals surface area contributed by atoms with Crippen LogP contribution < -0.4 is 20.4 Å². The van der Waals surface area contributed by atoms with Gasteiger partial charge in [0.15, 0.2) is 0 Å². The number of carbonyl (C=O) groups excluding carboxylic acids is 2. The minimum atomic E-state index is -0.426. The quantitative estimate of drug-likeness (QED) is 0.221. The summed E-state index contributed by atoms with van der Waals surface area (Å²) in [6, 6.07) is 19.0. The van der Waals surface area contributed by atoms with Crippen molar-refractivity contribution in [3.63, 3.8) is 0 Å². The number of fused-ring (bicyclic) bond motifs is 2. The number of para-hydroxylation sites is 2. The second-order valence-electron chi connectivity index (χ2n) is 7.84. The average Bonchev–Trinajstić information content (AvgIpc) is 2.80. The number of ether oxygens (including phenoxy) is 1. The Bertz CT molecular complexity index is 1280. The maximum absolute atomic E-state index is 13.5. The minimum absolute atomic E-state index is 0.202. The summed E-state index contributed by atoms with van der Waals surface area (Å²) in [7, 11) is 1.99. The molecule has 0 aliphatic heterocycles. The Hall–Kier alpha value is -3.77. The number of aryl methyl sites for hydroxylation is 3. The summed E-state index contributed by atoms with van der Waals surface area (Å²) in [6.45, 7) is 4.43. The van der Waals surface area contributed by atoms with Gasteiger partial charge in [-0.1, -0.05) is 24.3 Å². The molecular weight excluding hydrogens is 402 g/mol. The SMILES string of the molecule is Cc1cc(C(=O)NCCN)cc(C)c1OC(=O)c1c2ccccc2[n+](C)c2ccccc12. The number of nitrogens with one attached hydrogen (secondary N) is 1. The molecule has 162 valence electrons. The van der Waals surface area contributed by atoms with E-state index >= 15 is 0 Å². The van der Waals surface area contributed by atoms with Crippen molar-refractivity contribution in [2.45, 2.75) is 13.8 Å². The third-order valence-corrected chi connectivity index (χ3v) is 5.62. The molecule has 6 nitrogen and oxygen atoms in total. The van der Waals surface area contributed by atoms with E-state index in [1.54, 1.807) is 12.1 Å². The molecule has 0 radical (unpaired) electrons. The Balaban J connectivity index is 1.78. The normalized spacial score (nSPS) is 11.0. The van der Waals surface area contributed by atoms with Crippen molar-refractivity contribution in [3.05, 3.63) is 82.9 Å². The number of nitrogens with two attached hydrogens (primary N) is 1. The zero-order valence-corrected chi connectivity index (χ0v) is 18.4. The maximum atomic E-state index is 13.5. The van der Waals surface area contributed by atoms with Gasteiger partial charge < -0.3 is 15.8 Å². The number of rotatable bonds is 5. The topological polar surface area (TPSA) is 85.3 Å². The van der Waals surface area contributed by atoms with Crippen molar-refractivity contribution < 1.29 is 18.9 Å². The molecule has 32 heavy (non-hydrogen) atoms. The van der Waals surface area contributed by atoms with Crippen LogP contribution in [0.1, 0.15) is 31.8 Å². The Morgan fingerprint density at radius 2 is 1.47 bits per heavy atom. The standard InChI is InChI=1S/C26H25N3O3/c1-16-14-18(25(30)28-13-12-27)15-17(2)24(16)32-26(31)23-19-8-4-6-10-21(19)29(3)22-11-7-5-9-20(22)23/h4-11,14-15H,12-13,27H2,1-3H3/p+1. The van der Waals surface area contributed by atoms with Crippen molar-refractivity contribution >= 4 is 33.7 Å². The van der Waals surface area contributed by atoms with Gasteiger partial charge in [-0.15, -0.1) is 0 Å². The number of carbonyl (C=O) groups is 2. The molecule has 0 fully saturated rings. The first kappa shape index (κ1) is 21.5. The van der Waals surface area contributed by atoms with Crippen LogP contribution in [0.5, 0.6) is 5.75 Å². The molecule has 0 aliphatic carbocycles. The van der Waals surface area contributed by atoms with E-state index in [4.69, 9.17) is 10.5 Å². The third-order valence-electron chi connectivity index (χ3n) is 5.62. The van der Waals surface area contributed by atoms with Crippen LogP contribution in [0.25, 0.3) is 21.8 Å². The maximum Gasteiger partial charge on any atom is 0.345 e. The van der Waals surface area contributed by atoms with Crippen molar-refractivity contribution in [1.29, 1.82) is 0 Å². The number of amides is 1. The first-order chi connectivity index (χ1) is 15.4. The zero-order valence-electron chi connectivity index (χ0n) is 18.4. The number of pyridine rings is 1. The fraction of sp³-hybridized carbons (Fsp3) is 0.192. The Labute approximate surface area is 186 Å². The lowest BCUT2D eigenvalue weighted by atomic mass is 10.0. The summed E-state index contributed by atoms with van der Waals surface area (Å²) >= 11 is 0. The van der Waals surface area contributed by atoms with E-state index in [0.29, 0.717) is 41.1 Å². The second-order valence-corrected chi connectivity index (χ2v) is 7.84. The van der Waals surface area contributed by atoms with Crippen LogP contribution in [0.15, 0.2) is 60.7 Å². The molecule has 0 saturated heterocycles. The monoisotopic (exact) mass is 428 g/mol. The lowest BCUT2D eigenvalue weighted by Gasteiger charge is -2.14. The van der Waals surface area contributed by atoms with E-state index in [-0.39, 0.29) is 5.91 Å². The fourth-order valence-electron chi connectivity index (χ4n) is 4.12. The van der Waals surface area contributed by atoms with Gasteiger partial charge in [-0.3, -0.25) is 4.79 Å². The van der Waals surface area contributed by atoms with Crippen molar-refractivity contribution in [2.75, 3.05) is 13.1 Å². The van der Waals surface area contributed by atoms with E-state index < -0.39 is 5.97 Å². The molecule has 0 bridgehead atoms. The van der Waals surface area contributed by atoms with E-state index in [1.165, 1.54) is 0 Å². The highest BCUT2D eigenvalue weighted by Crippen LogP contribution is 2.29. The van der Waals surface area contributed by atoms with Crippen LogP contribution in [-0.2, 0) is 7.05 Å². The van der Waals surface area contributed by atoms with E-state index in [0.717, 1.165) is 21.8 Å². The molecule has 0 saturated carbocycles. The van der Waals surface area contributed by atoms with Gasteiger partial charge in [0.05, 0.1) is 16.3 Å². The highest BCUT2D eigenvalue weighted by molar-refractivity contribution is 6.13. The highest BCUT2D eigenvalue weighted by atomic mass is 16.5. The molecule has 1 aromatic heterocycles. The summed E-state index contributed by atoms with van der Waals surface area (Å²) < 4.78 is 8.01. The van der Waals surface area contributed by atoms with Crippen LogP contribution in [0, 0.1) is 13.8 Å². The Morgan fingerprint density at radius 3 is 2.00 bits per heavy atom. The molecule has 0 atom stereocenters. The summed E-state index contributed by atoms with van der Waals surface area (Å²) in [5.41, 5.74) is 9.81. The number of hydrogen-bond donors (Lipinski definition) is 2. The first-order valence-electron chi connectivity index (χ1n) is 10.5. The molecule has 6 heteroatoms. The van der Waals surface area contributed by atoms with Gasteiger partial charge in [0, 0.05) is 30.8 Å². The molecule has 3 aromatic carbocycles. The van der Waals surface area contributed by atoms with E-state index in [9.17, 15) is 9.59 Å². The average molecular weight is 429 g/mol. The number of benzene rings is 3. The predicted octanol–water partition coefficient (Wildman–Crippen LogP) is 3.34. The van der Waals surface area contributed by atoms with Crippen molar-refractivity contribution in [2.24, 2.45) is 12.8 Å². The van der Waals surface area contributed by atoms with E-state index in [2.05, 4.69) is 9.88 Å². The van der Waals surface area contributed by atoms with Gasteiger partial charge in [-0.05, 0) is 49.2 Å². The molecule has 0 unspecified atom stereocenters. The summed E-state index contributed by atoms with van der Waals surface area (Å²) in [5.74, 6) is -0.164. The fourth-order valence-corrected chi connectivity index (χ4v) is 4.12. The lowest BCUT2D eigenvalue weighted by molar-refractivity contribution is -0.617. The van der Waals surface area contributed by atoms with Crippen LogP contribution in [-0.4, -0.2) is 25.0 Å². The van der Waals surface area contributed by atoms with Crippen molar-refractivity contribution in [3.8, 4) is 5.75 Å². The molecule has 3 N–H and O–H groups in total. The van der Waals surface area contributed by atoms with Crippen molar-refractivity contribution in [1.82, 2.24) is 5.32 Å². The molecule has 4 aromatic rings. The molecule has 1 heterocycles. The predicted molar refractivity (Wildman–Crippen MR) is 125 cm³/mol. The van der Waals surface area contributed by atoms with Gasteiger partial charge in [-0.25, -0.2) is 4.79 Å². The Morgan fingerprint density at radius 1 is 0.938 bits per heavy atom. The first-order valence-corrected chi connectivity index (χ1v) is 10.5. The number of hydrogen-bond acceptors (Lipinski definition) is 4. The summed E-state index contributed by atoms with van der Waals surface area (Å²) in [4.78, 5) is 25.8. The van der Waals surface area contributed by atoms with Gasteiger partial charge >= 0.3 is 5.97 Å². The number of nitrogens with zero attached hydrogens (tertiary/aromatic N) is 1. The summed E-state index contributed by atoms with van der Waals surface area (Å²) in [5, 5.41) is 4.41. The van der Waals surface area contributed by atoms with E-state index in [1.807, 2.05) is 69.4 Å². The van der Waals surface area contributed by atoms with Gasteiger partial charge in [0.25, 0.3) is 5.91 Å². The molecule has 1 amide bonds. The lowest BCUT2D eigenvalue weighted by Crippen LogP contribution is -2.31. The third kappa shape index (κ3) is 3.81.